The van der Waals surface area contributed by atoms with Crippen molar-refractivity contribution in [1.82, 2.24) is 15.2 Å². The maximum Gasteiger partial charge on any atom is 0.191 e. The van der Waals surface area contributed by atoms with Crippen LogP contribution < -0.4 is 0 Å². The van der Waals surface area contributed by atoms with Gasteiger partial charge in [-0.2, -0.15) is 5.10 Å². The molecule has 0 saturated heterocycles. The zero-order valence-corrected chi connectivity index (χ0v) is 12.0. The van der Waals surface area contributed by atoms with Gasteiger partial charge in [-0.1, -0.05) is 6.92 Å². The third-order valence-corrected chi connectivity index (χ3v) is 5.14. The first-order chi connectivity index (χ1) is 7.20. The number of halogens is 2. The molecule has 0 fully saturated rings. The first-order valence-corrected chi connectivity index (χ1v) is 6.97. The van der Waals surface area contributed by atoms with Gasteiger partial charge in [0.05, 0.1) is 8.66 Å². The Morgan fingerprint density at radius 1 is 1.47 bits per heavy atom. The van der Waals surface area contributed by atoms with Crippen molar-refractivity contribution in [2.24, 2.45) is 0 Å². The number of rotatable bonds is 3. The minimum Gasteiger partial charge on any atom is -0.263 e. The van der Waals surface area contributed by atoms with Gasteiger partial charge in [0.25, 0.3) is 0 Å². The molecule has 2 heterocycles. The van der Waals surface area contributed by atoms with Crippen LogP contribution in [0.25, 0.3) is 10.7 Å². The van der Waals surface area contributed by atoms with Crippen LogP contribution in [0.2, 0.25) is 0 Å². The van der Waals surface area contributed by atoms with Gasteiger partial charge in [-0.25, -0.2) is 4.98 Å². The molecule has 0 aliphatic heterocycles. The third kappa shape index (κ3) is 2.49. The van der Waals surface area contributed by atoms with Gasteiger partial charge in [-0.15, -0.1) is 11.3 Å². The van der Waals surface area contributed by atoms with E-state index in [1.54, 1.807) is 11.3 Å². The Morgan fingerprint density at radius 3 is 2.87 bits per heavy atom. The van der Waals surface area contributed by atoms with Crippen LogP contribution >= 0.6 is 43.2 Å². The van der Waals surface area contributed by atoms with Crippen LogP contribution in [0.3, 0.4) is 0 Å². The molecule has 0 atom stereocenters. The third-order valence-electron chi connectivity index (χ3n) is 1.88. The standard InChI is InChI=1S/C9H9Br2N3S/c1-2-3-7-12-9(14-13-7)6-4-5(10)8(11)15-6/h4H,2-3H2,1H3,(H,12,13,14). The maximum atomic E-state index is 4.43. The van der Waals surface area contributed by atoms with E-state index in [0.717, 1.165) is 37.6 Å². The Labute approximate surface area is 109 Å². The largest absolute Gasteiger partial charge is 0.263 e. The van der Waals surface area contributed by atoms with Crippen molar-refractivity contribution in [3.05, 3.63) is 20.1 Å². The summed E-state index contributed by atoms with van der Waals surface area (Å²) in [5.74, 6) is 1.72. The zero-order valence-electron chi connectivity index (χ0n) is 8.05. The fourth-order valence-corrected chi connectivity index (χ4v) is 3.18. The summed E-state index contributed by atoms with van der Waals surface area (Å²) < 4.78 is 2.11. The Hall–Kier alpha value is -0.200. The van der Waals surface area contributed by atoms with Crippen molar-refractivity contribution in [2.45, 2.75) is 19.8 Å². The van der Waals surface area contributed by atoms with Crippen molar-refractivity contribution in [3.63, 3.8) is 0 Å². The summed E-state index contributed by atoms with van der Waals surface area (Å²) in [6, 6.07) is 2.02. The molecule has 80 valence electrons. The Balaban J connectivity index is 2.28. The lowest BCUT2D eigenvalue weighted by atomic mass is 10.3. The van der Waals surface area contributed by atoms with Gasteiger partial charge in [0.2, 0.25) is 0 Å². The molecule has 0 unspecified atom stereocenters. The SMILES string of the molecule is CCCc1nc(-c2cc(Br)c(Br)s2)n[nH]1. The van der Waals surface area contributed by atoms with E-state index in [0.29, 0.717) is 0 Å². The quantitative estimate of drug-likeness (QED) is 0.908. The molecule has 2 aromatic rings. The van der Waals surface area contributed by atoms with Gasteiger partial charge in [0.1, 0.15) is 5.82 Å². The second-order valence-corrected chi connectivity index (χ2v) is 6.31. The first-order valence-electron chi connectivity index (χ1n) is 4.57. The summed E-state index contributed by atoms with van der Waals surface area (Å²) in [5.41, 5.74) is 0. The Morgan fingerprint density at radius 2 is 2.27 bits per heavy atom. The van der Waals surface area contributed by atoms with Crippen LogP contribution in [0.4, 0.5) is 0 Å². The molecule has 0 radical (unpaired) electrons. The van der Waals surface area contributed by atoms with Gasteiger partial charge < -0.3 is 0 Å². The number of aromatic amines is 1. The molecule has 0 bridgehead atoms. The number of aryl methyl sites for hydroxylation is 1. The van der Waals surface area contributed by atoms with E-state index in [-0.39, 0.29) is 0 Å². The van der Waals surface area contributed by atoms with E-state index in [1.807, 2.05) is 6.07 Å². The topological polar surface area (TPSA) is 41.6 Å². The second kappa shape index (κ2) is 4.76. The second-order valence-electron chi connectivity index (χ2n) is 3.09. The van der Waals surface area contributed by atoms with E-state index in [1.165, 1.54) is 0 Å². The lowest BCUT2D eigenvalue weighted by Gasteiger charge is -1.86. The number of H-pyrrole nitrogens is 1. The highest BCUT2D eigenvalue weighted by Crippen LogP contribution is 2.36. The molecule has 0 saturated carbocycles. The van der Waals surface area contributed by atoms with E-state index in [2.05, 4.69) is 54.0 Å². The maximum absolute atomic E-state index is 4.43. The summed E-state index contributed by atoms with van der Waals surface area (Å²) in [7, 11) is 0. The molecule has 0 aliphatic carbocycles. The van der Waals surface area contributed by atoms with Gasteiger partial charge in [0.15, 0.2) is 5.82 Å². The van der Waals surface area contributed by atoms with Crippen molar-refractivity contribution in [3.8, 4) is 10.7 Å². The van der Waals surface area contributed by atoms with Crippen LogP contribution in [0.1, 0.15) is 19.2 Å². The summed E-state index contributed by atoms with van der Waals surface area (Å²) in [6.07, 6.45) is 2.02. The van der Waals surface area contributed by atoms with Gasteiger partial charge in [-0.3, -0.25) is 5.10 Å². The Bertz CT molecular complexity index is 444. The molecule has 0 amide bonds. The highest BCUT2D eigenvalue weighted by atomic mass is 79.9. The summed E-state index contributed by atoms with van der Waals surface area (Å²) in [5, 5.41) is 7.14. The summed E-state index contributed by atoms with van der Waals surface area (Å²) in [6.45, 7) is 2.13. The number of aromatic nitrogens is 3. The molecular formula is C9H9Br2N3S. The zero-order chi connectivity index (χ0) is 10.8. The molecule has 0 spiro atoms. The molecular weight excluding hydrogens is 342 g/mol. The number of hydrogen-bond acceptors (Lipinski definition) is 3. The fraction of sp³-hybridized carbons (Fsp3) is 0.333. The lowest BCUT2D eigenvalue weighted by molar-refractivity contribution is 0.841. The molecule has 0 aromatic carbocycles. The first kappa shape index (κ1) is 11.3. The van der Waals surface area contributed by atoms with Crippen LogP contribution in [0, 0.1) is 0 Å². The molecule has 2 rings (SSSR count). The summed E-state index contributed by atoms with van der Waals surface area (Å²) >= 11 is 8.53. The average Bonchev–Trinajstić information content (AvgIpc) is 2.76. The highest BCUT2D eigenvalue weighted by Gasteiger charge is 2.10. The molecule has 15 heavy (non-hydrogen) atoms. The van der Waals surface area contributed by atoms with Crippen LogP contribution in [0.15, 0.2) is 14.3 Å². The van der Waals surface area contributed by atoms with E-state index in [9.17, 15) is 0 Å². The van der Waals surface area contributed by atoms with Crippen molar-refractivity contribution >= 4 is 43.2 Å². The van der Waals surface area contributed by atoms with E-state index >= 15 is 0 Å². The molecule has 0 aliphatic rings. The smallest absolute Gasteiger partial charge is 0.191 e. The number of thiophene rings is 1. The predicted octanol–water partition coefficient (Wildman–Crippen LogP) is 4.01. The van der Waals surface area contributed by atoms with Crippen LogP contribution in [0.5, 0.6) is 0 Å². The summed E-state index contributed by atoms with van der Waals surface area (Å²) in [4.78, 5) is 5.49. The number of nitrogens with one attached hydrogen (secondary N) is 1. The highest BCUT2D eigenvalue weighted by molar-refractivity contribution is 9.13. The fourth-order valence-electron chi connectivity index (χ4n) is 1.21. The molecule has 3 nitrogen and oxygen atoms in total. The molecule has 1 N–H and O–H groups in total. The van der Waals surface area contributed by atoms with Crippen molar-refractivity contribution in [2.75, 3.05) is 0 Å². The lowest BCUT2D eigenvalue weighted by Crippen LogP contribution is -1.84. The van der Waals surface area contributed by atoms with Crippen LogP contribution in [-0.4, -0.2) is 15.2 Å². The van der Waals surface area contributed by atoms with Crippen molar-refractivity contribution in [1.29, 1.82) is 0 Å². The van der Waals surface area contributed by atoms with Gasteiger partial charge in [-0.05, 0) is 44.3 Å². The molecule has 6 heteroatoms. The van der Waals surface area contributed by atoms with E-state index in [4.69, 9.17) is 0 Å². The average molecular weight is 351 g/mol. The predicted molar refractivity (Wildman–Crippen MR) is 69.1 cm³/mol. The Kier molecular flexibility index (Phi) is 3.58. The van der Waals surface area contributed by atoms with Gasteiger partial charge >= 0.3 is 0 Å². The monoisotopic (exact) mass is 349 g/mol. The van der Waals surface area contributed by atoms with E-state index < -0.39 is 0 Å². The normalized spacial score (nSPS) is 10.9. The minimum absolute atomic E-state index is 0.773. The minimum atomic E-state index is 0.773. The number of nitrogens with zero attached hydrogens (tertiary/aromatic N) is 2. The molecule has 2 aromatic heterocycles. The van der Waals surface area contributed by atoms with Crippen LogP contribution in [-0.2, 0) is 6.42 Å². The van der Waals surface area contributed by atoms with Gasteiger partial charge in [0, 0.05) is 10.9 Å². The number of hydrogen-bond donors (Lipinski definition) is 1. The van der Waals surface area contributed by atoms with Crippen molar-refractivity contribution < 1.29 is 0 Å².